The van der Waals surface area contributed by atoms with Crippen LogP contribution in [0.2, 0.25) is 0 Å². The van der Waals surface area contributed by atoms with E-state index in [-0.39, 0.29) is 19.8 Å². The van der Waals surface area contributed by atoms with Gasteiger partial charge < -0.3 is 14.8 Å². The molecule has 1 fully saturated rings. The molecule has 1 heterocycles. The lowest BCUT2D eigenvalue weighted by atomic mass is 9.99. The van der Waals surface area contributed by atoms with Gasteiger partial charge in [-0.2, -0.15) is 0 Å². The first-order valence-corrected chi connectivity index (χ1v) is 9.52. The molecular weight excluding hydrogens is 372 g/mol. The lowest BCUT2D eigenvalue weighted by Gasteiger charge is -2.33. The number of hydrogen-bond acceptors (Lipinski definition) is 6. The molecule has 0 radical (unpaired) electrons. The van der Waals surface area contributed by atoms with Crippen molar-refractivity contribution in [1.82, 2.24) is 10.2 Å². The summed E-state index contributed by atoms with van der Waals surface area (Å²) in [6, 6.07) is 17.7. The minimum absolute atomic E-state index is 0.0796. The molecule has 3 rings (SSSR count). The topological polar surface area (TPSA) is 84.9 Å². The summed E-state index contributed by atoms with van der Waals surface area (Å²) in [6.45, 7) is 2.40. The third-order valence-electron chi connectivity index (χ3n) is 4.75. The van der Waals surface area contributed by atoms with Gasteiger partial charge in [-0.25, -0.2) is 9.69 Å². The fourth-order valence-corrected chi connectivity index (χ4v) is 3.06. The second-order valence-corrected chi connectivity index (χ2v) is 6.84. The van der Waals surface area contributed by atoms with Gasteiger partial charge in [0.05, 0.1) is 5.92 Å². The predicted molar refractivity (Wildman–Crippen MR) is 106 cm³/mol. The molecule has 1 aliphatic rings. The Morgan fingerprint density at radius 2 is 1.55 bits per heavy atom. The zero-order valence-corrected chi connectivity index (χ0v) is 16.2. The molecule has 2 aromatic rings. The highest BCUT2D eigenvalue weighted by atomic mass is 16.6. The van der Waals surface area contributed by atoms with Gasteiger partial charge in [-0.05, 0) is 18.1 Å². The van der Waals surface area contributed by atoms with Crippen LogP contribution in [0.3, 0.4) is 0 Å². The summed E-state index contributed by atoms with van der Waals surface area (Å²) in [6.07, 6.45) is -0.713. The number of carbonyl (C=O) groups excluding carboxylic acids is 3. The molecule has 29 heavy (non-hydrogen) atoms. The second-order valence-electron chi connectivity index (χ2n) is 6.84. The fourth-order valence-electron chi connectivity index (χ4n) is 3.06. The normalized spacial score (nSPS) is 17.5. The summed E-state index contributed by atoms with van der Waals surface area (Å²) in [4.78, 5) is 38.6. The average Bonchev–Trinajstić information content (AvgIpc) is 2.77. The predicted octanol–water partition coefficient (Wildman–Crippen LogP) is 2.50. The molecule has 2 amide bonds. The molecule has 0 aromatic heterocycles. The van der Waals surface area contributed by atoms with E-state index < -0.39 is 29.9 Å². The van der Waals surface area contributed by atoms with Crippen molar-refractivity contribution < 1.29 is 23.9 Å². The Balaban J connectivity index is 1.54. The largest absolute Gasteiger partial charge is 0.461 e. The first-order chi connectivity index (χ1) is 14.1. The molecule has 1 N–H and O–H groups in total. The van der Waals surface area contributed by atoms with Gasteiger partial charge >= 0.3 is 12.1 Å². The van der Waals surface area contributed by atoms with E-state index >= 15 is 0 Å². The van der Waals surface area contributed by atoms with Crippen LogP contribution in [0.25, 0.3) is 0 Å². The van der Waals surface area contributed by atoms with Crippen molar-refractivity contribution in [3.63, 3.8) is 0 Å². The van der Waals surface area contributed by atoms with E-state index in [9.17, 15) is 14.4 Å². The van der Waals surface area contributed by atoms with Gasteiger partial charge in [0.25, 0.3) is 0 Å². The van der Waals surface area contributed by atoms with Crippen molar-refractivity contribution in [3.05, 3.63) is 71.8 Å². The van der Waals surface area contributed by atoms with E-state index in [2.05, 4.69) is 5.32 Å². The number of amides is 2. The molecule has 0 spiro atoms. The summed E-state index contributed by atoms with van der Waals surface area (Å²) in [7, 11) is 0. The first-order valence-electron chi connectivity index (χ1n) is 9.52. The summed E-state index contributed by atoms with van der Waals surface area (Å²) in [5.74, 6) is -1.73. The zero-order valence-electron chi connectivity index (χ0n) is 16.2. The van der Waals surface area contributed by atoms with Crippen molar-refractivity contribution in [2.45, 2.75) is 26.2 Å². The van der Waals surface area contributed by atoms with Crippen molar-refractivity contribution in [2.24, 2.45) is 5.92 Å². The van der Waals surface area contributed by atoms with Crippen LogP contribution in [0.5, 0.6) is 0 Å². The highest BCUT2D eigenvalue weighted by Crippen LogP contribution is 2.15. The van der Waals surface area contributed by atoms with Crippen LogP contribution in [-0.4, -0.2) is 42.0 Å². The molecule has 2 aromatic carbocycles. The zero-order chi connectivity index (χ0) is 20.6. The van der Waals surface area contributed by atoms with Gasteiger partial charge in [0.15, 0.2) is 0 Å². The minimum atomic E-state index is -0.837. The Kier molecular flexibility index (Phi) is 6.97. The van der Waals surface area contributed by atoms with Crippen LogP contribution >= 0.6 is 0 Å². The van der Waals surface area contributed by atoms with Gasteiger partial charge in [-0.3, -0.25) is 9.59 Å². The smallest absolute Gasteiger partial charge is 0.416 e. The molecule has 0 bridgehead atoms. The Hall–Kier alpha value is -3.19. The first kappa shape index (κ1) is 20.5. The van der Waals surface area contributed by atoms with Crippen LogP contribution in [0.4, 0.5) is 4.79 Å². The lowest BCUT2D eigenvalue weighted by molar-refractivity contribution is -0.154. The Morgan fingerprint density at radius 1 is 1.00 bits per heavy atom. The van der Waals surface area contributed by atoms with E-state index in [1.165, 1.54) is 0 Å². The molecular formula is C22H24N2O5. The number of nitrogens with zero attached hydrogens (tertiary/aromatic N) is 1. The maximum absolute atomic E-state index is 12.8. The maximum atomic E-state index is 12.8. The minimum Gasteiger partial charge on any atom is -0.461 e. The molecule has 2 atom stereocenters. The van der Waals surface area contributed by atoms with E-state index in [1.54, 1.807) is 6.92 Å². The van der Waals surface area contributed by atoms with Crippen molar-refractivity contribution in [2.75, 3.05) is 13.1 Å². The summed E-state index contributed by atoms with van der Waals surface area (Å²) in [5, 5.41) is 3.01. The number of hydrogen-bond donors (Lipinski definition) is 1. The number of nitrogens with one attached hydrogen (secondary N) is 1. The van der Waals surface area contributed by atoms with E-state index in [0.29, 0.717) is 6.54 Å². The number of benzene rings is 2. The number of ether oxygens (including phenoxy) is 2. The fraction of sp³-hybridized carbons (Fsp3) is 0.318. The average molecular weight is 396 g/mol. The van der Waals surface area contributed by atoms with Gasteiger partial charge in [-0.15, -0.1) is 0 Å². The number of esters is 1. The number of carbonyl (C=O) groups is 3. The summed E-state index contributed by atoms with van der Waals surface area (Å²) < 4.78 is 10.6. The van der Waals surface area contributed by atoms with Crippen LogP contribution < -0.4 is 5.32 Å². The van der Waals surface area contributed by atoms with Crippen molar-refractivity contribution in [1.29, 1.82) is 0 Å². The molecule has 7 nitrogen and oxygen atoms in total. The highest BCUT2D eigenvalue weighted by Gasteiger charge is 2.39. The molecule has 0 aliphatic carbocycles. The van der Waals surface area contributed by atoms with Crippen molar-refractivity contribution in [3.8, 4) is 0 Å². The van der Waals surface area contributed by atoms with Gasteiger partial charge in [0.2, 0.25) is 5.91 Å². The monoisotopic (exact) mass is 396 g/mol. The maximum Gasteiger partial charge on any atom is 0.416 e. The third kappa shape index (κ3) is 5.42. The molecule has 1 saturated heterocycles. The lowest BCUT2D eigenvalue weighted by Crippen LogP contribution is -2.60. The Bertz CT molecular complexity index is 841. The van der Waals surface area contributed by atoms with Crippen LogP contribution in [-0.2, 0) is 32.3 Å². The quantitative estimate of drug-likeness (QED) is 0.756. The van der Waals surface area contributed by atoms with Crippen LogP contribution in [0, 0.1) is 5.92 Å². The molecule has 2 unspecified atom stereocenters. The molecule has 152 valence electrons. The van der Waals surface area contributed by atoms with Crippen LogP contribution in [0.15, 0.2) is 60.7 Å². The number of piperazine rings is 1. The second kappa shape index (κ2) is 9.84. The van der Waals surface area contributed by atoms with E-state index in [1.807, 2.05) is 60.7 Å². The Morgan fingerprint density at radius 3 is 2.14 bits per heavy atom. The molecule has 1 aliphatic heterocycles. The summed E-state index contributed by atoms with van der Waals surface area (Å²) in [5.41, 5.74) is 1.69. The SMILES string of the molecule is CC(C(=O)OCc1ccccc1)C1NCCN(C(=O)OCc2ccccc2)C1=O. The van der Waals surface area contributed by atoms with E-state index in [4.69, 9.17) is 9.47 Å². The number of rotatable bonds is 6. The van der Waals surface area contributed by atoms with Gasteiger partial charge in [-0.1, -0.05) is 60.7 Å². The summed E-state index contributed by atoms with van der Waals surface area (Å²) >= 11 is 0. The molecule has 7 heteroatoms. The van der Waals surface area contributed by atoms with Gasteiger partial charge in [0.1, 0.15) is 19.3 Å². The van der Waals surface area contributed by atoms with Crippen LogP contribution in [0.1, 0.15) is 18.1 Å². The van der Waals surface area contributed by atoms with E-state index in [0.717, 1.165) is 16.0 Å². The standard InChI is InChI=1S/C22H24N2O5/c1-16(21(26)28-14-17-8-4-2-5-9-17)19-20(25)24(13-12-23-19)22(27)29-15-18-10-6-3-7-11-18/h2-11,16,19,23H,12-15H2,1H3. The highest BCUT2D eigenvalue weighted by molar-refractivity contribution is 5.97. The van der Waals surface area contributed by atoms with Crippen molar-refractivity contribution >= 4 is 18.0 Å². The van der Waals surface area contributed by atoms with Gasteiger partial charge in [0, 0.05) is 13.1 Å². The Labute approximate surface area is 169 Å². The molecule has 0 saturated carbocycles. The third-order valence-corrected chi connectivity index (χ3v) is 4.75. The number of imide groups is 1.